The summed E-state index contributed by atoms with van der Waals surface area (Å²) in [6.07, 6.45) is -2.09. The molecule has 2 rings (SSSR count). The first-order valence-corrected chi connectivity index (χ1v) is 8.61. The number of rotatable bonds is 9. The van der Waals surface area contributed by atoms with Gasteiger partial charge < -0.3 is 10.1 Å². The van der Waals surface area contributed by atoms with E-state index < -0.39 is 17.8 Å². The van der Waals surface area contributed by atoms with E-state index in [1.165, 1.54) is 12.1 Å². The van der Waals surface area contributed by atoms with Gasteiger partial charge in [-0.15, -0.1) is 0 Å². The first-order chi connectivity index (χ1) is 12.0. The third-order valence-electron chi connectivity index (χ3n) is 3.92. The van der Waals surface area contributed by atoms with Gasteiger partial charge >= 0.3 is 6.18 Å². The van der Waals surface area contributed by atoms with Crippen LogP contribution < -0.4 is 10.1 Å². The Morgan fingerprint density at radius 3 is 2.32 bits per heavy atom. The van der Waals surface area contributed by atoms with Crippen molar-refractivity contribution in [1.82, 2.24) is 5.32 Å². The van der Waals surface area contributed by atoms with Crippen LogP contribution in [0.2, 0.25) is 0 Å². The highest BCUT2D eigenvalue weighted by Gasteiger charge is 2.34. The van der Waals surface area contributed by atoms with E-state index in [2.05, 4.69) is 12.2 Å². The highest BCUT2D eigenvalue weighted by atomic mass is 19.4. The molecule has 1 unspecified atom stereocenters. The fraction of sp³-hybridized carbons (Fsp3) is 0.400. The van der Waals surface area contributed by atoms with Crippen molar-refractivity contribution in [2.24, 2.45) is 0 Å². The van der Waals surface area contributed by atoms with Gasteiger partial charge in [0.2, 0.25) is 0 Å². The van der Waals surface area contributed by atoms with Crippen molar-refractivity contribution in [3.8, 4) is 5.75 Å². The summed E-state index contributed by atoms with van der Waals surface area (Å²) in [5.74, 6) is -0.127. The van der Waals surface area contributed by atoms with Crippen LogP contribution in [0.15, 0.2) is 54.6 Å². The predicted octanol–water partition coefficient (Wildman–Crippen LogP) is 5.61. The molecule has 2 nitrogen and oxygen atoms in total. The van der Waals surface area contributed by atoms with Crippen molar-refractivity contribution in [2.75, 3.05) is 13.1 Å². The van der Waals surface area contributed by atoms with Crippen LogP contribution in [0, 0.1) is 0 Å². The number of nitrogens with one attached hydrogen (secondary N) is 1. The Kier molecular flexibility index (Phi) is 7.31. The Labute approximate surface area is 147 Å². The molecule has 5 heteroatoms. The van der Waals surface area contributed by atoms with Gasteiger partial charge in [-0.1, -0.05) is 55.8 Å². The van der Waals surface area contributed by atoms with Gasteiger partial charge in [0.05, 0.1) is 5.56 Å². The minimum atomic E-state index is -4.43. The molecule has 1 N–H and O–H groups in total. The minimum Gasteiger partial charge on any atom is -0.485 e. The van der Waals surface area contributed by atoms with Crippen molar-refractivity contribution in [1.29, 1.82) is 0 Å². The Hall–Kier alpha value is -2.01. The summed E-state index contributed by atoms with van der Waals surface area (Å²) in [7, 11) is 0. The number of ether oxygens (including phenoxy) is 1. The number of hydrogen-bond donors (Lipinski definition) is 1. The number of benzene rings is 2. The van der Waals surface area contributed by atoms with Crippen molar-refractivity contribution < 1.29 is 17.9 Å². The standard InChI is InChI=1S/C20H24F3NO/c1-2-3-14-24-15-13-18(16-9-5-4-6-10-16)25-19-12-8-7-11-17(19)20(21,22)23/h4-12,18,24H,2-3,13-15H2,1H3. The Balaban J connectivity index is 2.14. The maximum Gasteiger partial charge on any atom is 0.419 e. The molecule has 0 aliphatic rings. The second-order valence-electron chi connectivity index (χ2n) is 5.90. The molecule has 0 fully saturated rings. The zero-order chi connectivity index (χ0) is 18.1. The van der Waals surface area contributed by atoms with E-state index >= 15 is 0 Å². The molecular weight excluding hydrogens is 327 g/mol. The maximum absolute atomic E-state index is 13.2. The maximum atomic E-state index is 13.2. The first-order valence-electron chi connectivity index (χ1n) is 8.61. The monoisotopic (exact) mass is 351 g/mol. The molecule has 0 aromatic heterocycles. The third kappa shape index (κ3) is 6.09. The number of hydrogen-bond acceptors (Lipinski definition) is 2. The molecule has 0 aliphatic carbocycles. The zero-order valence-corrected chi connectivity index (χ0v) is 14.4. The molecule has 0 radical (unpaired) electrons. The molecule has 0 amide bonds. The third-order valence-corrected chi connectivity index (χ3v) is 3.92. The van der Waals surface area contributed by atoms with Crippen molar-refractivity contribution in [3.63, 3.8) is 0 Å². The molecule has 2 aromatic rings. The van der Waals surface area contributed by atoms with Gasteiger partial charge in [0.25, 0.3) is 0 Å². The van der Waals surface area contributed by atoms with Gasteiger partial charge in [-0.3, -0.25) is 0 Å². The Bertz CT molecular complexity index is 628. The van der Waals surface area contributed by atoms with Crippen LogP contribution in [-0.4, -0.2) is 13.1 Å². The van der Waals surface area contributed by atoms with Gasteiger partial charge in [0, 0.05) is 6.42 Å². The van der Waals surface area contributed by atoms with Crippen LogP contribution in [0.4, 0.5) is 13.2 Å². The lowest BCUT2D eigenvalue weighted by Gasteiger charge is -2.22. The topological polar surface area (TPSA) is 21.3 Å². The van der Waals surface area contributed by atoms with E-state index in [-0.39, 0.29) is 5.75 Å². The second-order valence-corrected chi connectivity index (χ2v) is 5.90. The summed E-state index contributed by atoms with van der Waals surface area (Å²) in [4.78, 5) is 0. The highest BCUT2D eigenvalue weighted by molar-refractivity contribution is 5.36. The zero-order valence-electron chi connectivity index (χ0n) is 14.4. The smallest absolute Gasteiger partial charge is 0.419 e. The number of halogens is 3. The molecule has 0 saturated carbocycles. The average molecular weight is 351 g/mol. The lowest BCUT2D eigenvalue weighted by atomic mass is 10.1. The summed E-state index contributed by atoms with van der Waals surface area (Å²) in [5.41, 5.74) is 0.131. The summed E-state index contributed by atoms with van der Waals surface area (Å²) in [6, 6.07) is 14.7. The van der Waals surface area contributed by atoms with Crippen molar-refractivity contribution >= 4 is 0 Å². The van der Waals surface area contributed by atoms with E-state index in [0.29, 0.717) is 13.0 Å². The second kappa shape index (κ2) is 9.47. The van der Waals surface area contributed by atoms with Gasteiger partial charge in [-0.25, -0.2) is 0 Å². The SMILES string of the molecule is CCCCNCCC(Oc1ccccc1C(F)(F)F)c1ccccc1. The summed E-state index contributed by atoms with van der Waals surface area (Å²) >= 11 is 0. The van der Waals surface area contributed by atoms with Crippen LogP contribution in [0.5, 0.6) is 5.75 Å². The number of para-hydroxylation sites is 1. The average Bonchev–Trinajstić information content (AvgIpc) is 2.61. The Morgan fingerprint density at radius 2 is 1.64 bits per heavy atom. The lowest BCUT2D eigenvalue weighted by molar-refractivity contribution is -0.139. The summed E-state index contributed by atoms with van der Waals surface area (Å²) in [6.45, 7) is 3.70. The van der Waals surface area contributed by atoms with Crippen LogP contribution in [0.3, 0.4) is 0 Å². The van der Waals surface area contributed by atoms with E-state index in [9.17, 15) is 13.2 Å². The summed E-state index contributed by atoms with van der Waals surface area (Å²) in [5, 5.41) is 3.31. The molecule has 0 heterocycles. The molecule has 2 aromatic carbocycles. The van der Waals surface area contributed by atoms with E-state index in [0.717, 1.165) is 31.0 Å². The lowest BCUT2D eigenvalue weighted by Crippen LogP contribution is -2.21. The van der Waals surface area contributed by atoms with Crippen molar-refractivity contribution in [2.45, 2.75) is 38.5 Å². The molecule has 0 saturated heterocycles. The normalized spacial score (nSPS) is 12.8. The largest absolute Gasteiger partial charge is 0.485 e. The van der Waals surface area contributed by atoms with Crippen molar-refractivity contribution in [3.05, 3.63) is 65.7 Å². The Morgan fingerprint density at radius 1 is 0.960 bits per heavy atom. The summed E-state index contributed by atoms with van der Waals surface area (Å²) < 4.78 is 45.4. The first kappa shape index (κ1) is 19.3. The minimum absolute atomic E-state index is 0.127. The van der Waals surface area contributed by atoms with Gasteiger partial charge in [0.15, 0.2) is 0 Å². The van der Waals surface area contributed by atoms with Crippen LogP contribution in [0.1, 0.15) is 43.4 Å². The molecule has 25 heavy (non-hydrogen) atoms. The molecule has 1 atom stereocenters. The quantitative estimate of drug-likeness (QED) is 0.593. The van der Waals surface area contributed by atoms with Gasteiger partial charge in [-0.05, 0) is 37.2 Å². The van der Waals surface area contributed by atoms with Gasteiger partial charge in [-0.2, -0.15) is 13.2 Å². The molecular formula is C20H24F3NO. The molecule has 0 bridgehead atoms. The highest BCUT2D eigenvalue weighted by Crippen LogP contribution is 2.38. The van der Waals surface area contributed by atoms with Gasteiger partial charge in [0.1, 0.15) is 11.9 Å². The number of unbranched alkanes of at least 4 members (excludes halogenated alkanes) is 1. The van der Waals surface area contributed by atoms with E-state index in [4.69, 9.17) is 4.74 Å². The van der Waals surface area contributed by atoms with Crippen LogP contribution >= 0.6 is 0 Å². The fourth-order valence-electron chi connectivity index (χ4n) is 2.58. The molecule has 0 aliphatic heterocycles. The number of alkyl halides is 3. The predicted molar refractivity (Wildman–Crippen MR) is 93.6 cm³/mol. The van der Waals surface area contributed by atoms with E-state index in [1.807, 2.05) is 30.3 Å². The molecule has 0 spiro atoms. The molecule has 136 valence electrons. The fourth-order valence-corrected chi connectivity index (χ4v) is 2.58. The van der Waals surface area contributed by atoms with Crippen LogP contribution in [-0.2, 0) is 6.18 Å². The van der Waals surface area contributed by atoms with E-state index in [1.54, 1.807) is 6.07 Å². The van der Waals surface area contributed by atoms with Crippen LogP contribution in [0.25, 0.3) is 0 Å².